The van der Waals surface area contributed by atoms with Crippen molar-refractivity contribution in [3.05, 3.63) is 30.1 Å². The fourth-order valence-electron chi connectivity index (χ4n) is 2.14. The highest BCUT2D eigenvalue weighted by Crippen LogP contribution is 2.34. The average molecular weight is 218 g/mol. The van der Waals surface area contributed by atoms with Gasteiger partial charge >= 0.3 is 0 Å². The lowest BCUT2D eigenvalue weighted by Gasteiger charge is -2.27. The minimum Gasteiger partial charge on any atom is -0.303 e. The summed E-state index contributed by atoms with van der Waals surface area (Å²) in [5.41, 5.74) is 1.22. The molecule has 0 amide bonds. The molecular formula is C13H18N2O. The number of nitrogens with zero attached hydrogens (tertiary/aromatic N) is 2. The van der Waals surface area contributed by atoms with E-state index in [-0.39, 0.29) is 0 Å². The molecule has 0 aromatic carbocycles. The highest BCUT2D eigenvalue weighted by molar-refractivity contribution is 5.49. The molecule has 0 bridgehead atoms. The highest BCUT2D eigenvalue weighted by atomic mass is 16.1. The van der Waals surface area contributed by atoms with Crippen molar-refractivity contribution in [2.75, 3.05) is 7.05 Å². The van der Waals surface area contributed by atoms with Crippen LogP contribution in [0.25, 0.3) is 0 Å². The van der Waals surface area contributed by atoms with Gasteiger partial charge in [-0.1, -0.05) is 6.07 Å². The molecule has 3 nitrogen and oxygen atoms in total. The molecular weight excluding hydrogens is 200 g/mol. The third-order valence-electron chi connectivity index (χ3n) is 3.24. The smallest absolute Gasteiger partial charge is 0.120 e. The Bertz CT molecular complexity index is 335. The molecule has 1 aromatic heterocycles. The Morgan fingerprint density at radius 2 is 2.44 bits per heavy atom. The van der Waals surface area contributed by atoms with E-state index in [2.05, 4.69) is 23.0 Å². The van der Waals surface area contributed by atoms with E-state index in [0.29, 0.717) is 18.5 Å². The molecule has 1 saturated carbocycles. The van der Waals surface area contributed by atoms with E-state index in [0.717, 1.165) is 12.7 Å². The summed E-state index contributed by atoms with van der Waals surface area (Å²) in [6, 6.07) is 5.11. The summed E-state index contributed by atoms with van der Waals surface area (Å²) in [4.78, 5) is 17.1. The molecule has 1 aromatic rings. The Labute approximate surface area is 96.5 Å². The van der Waals surface area contributed by atoms with Crippen LogP contribution in [0, 0.1) is 0 Å². The molecule has 1 aliphatic carbocycles. The minimum absolute atomic E-state index is 0.339. The predicted octanol–water partition coefficient (Wildman–Crippen LogP) is 2.20. The van der Waals surface area contributed by atoms with Crippen LogP contribution in [0.5, 0.6) is 0 Å². The van der Waals surface area contributed by atoms with Gasteiger partial charge in [0.25, 0.3) is 0 Å². The zero-order valence-electron chi connectivity index (χ0n) is 9.67. The third kappa shape index (κ3) is 2.67. The van der Waals surface area contributed by atoms with E-state index in [1.54, 1.807) is 6.20 Å². The van der Waals surface area contributed by atoms with Crippen LogP contribution in [0.4, 0.5) is 0 Å². The van der Waals surface area contributed by atoms with Crippen LogP contribution < -0.4 is 0 Å². The molecule has 0 N–H and O–H groups in total. The molecule has 1 heterocycles. The average Bonchev–Trinajstić information content (AvgIpc) is 3.14. The normalized spacial score (nSPS) is 17.4. The second-order valence-corrected chi connectivity index (χ2v) is 4.44. The maximum absolute atomic E-state index is 10.5. The van der Waals surface area contributed by atoms with Crippen molar-refractivity contribution >= 4 is 6.29 Å². The van der Waals surface area contributed by atoms with Gasteiger partial charge in [0.05, 0.1) is 0 Å². The number of aromatic nitrogens is 1. The quantitative estimate of drug-likeness (QED) is 0.686. The molecule has 1 atom stereocenters. The van der Waals surface area contributed by atoms with Crippen LogP contribution in [0.3, 0.4) is 0 Å². The van der Waals surface area contributed by atoms with Crippen LogP contribution in [-0.2, 0) is 4.79 Å². The maximum Gasteiger partial charge on any atom is 0.120 e. The van der Waals surface area contributed by atoms with Crippen LogP contribution in [0.1, 0.15) is 37.3 Å². The first-order valence-electron chi connectivity index (χ1n) is 5.88. The predicted molar refractivity (Wildman–Crippen MR) is 63.1 cm³/mol. The molecule has 0 spiro atoms. The van der Waals surface area contributed by atoms with Crippen molar-refractivity contribution in [3.63, 3.8) is 0 Å². The van der Waals surface area contributed by atoms with Gasteiger partial charge in [0.15, 0.2) is 0 Å². The lowest BCUT2D eigenvalue weighted by atomic mass is 10.0. The van der Waals surface area contributed by atoms with Crippen molar-refractivity contribution in [3.8, 4) is 0 Å². The minimum atomic E-state index is 0.339. The fraction of sp³-hybridized carbons (Fsp3) is 0.538. The second kappa shape index (κ2) is 5.21. The standard InChI is InChI=1S/C13H18N2O/c1-15(12-6-7-12)13(5-3-9-16)11-4-2-8-14-10-11/h2,4,8-10,12-13H,3,5-7H2,1H3. The largest absolute Gasteiger partial charge is 0.303 e. The van der Waals surface area contributed by atoms with Crippen molar-refractivity contribution in [1.82, 2.24) is 9.88 Å². The monoisotopic (exact) mass is 218 g/mol. The first-order chi connectivity index (χ1) is 7.83. The van der Waals surface area contributed by atoms with Gasteiger partial charge in [-0.15, -0.1) is 0 Å². The Balaban J connectivity index is 2.09. The van der Waals surface area contributed by atoms with Gasteiger partial charge in [-0.3, -0.25) is 9.88 Å². The van der Waals surface area contributed by atoms with E-state index in [1.807, 2.05) is 12.3 Å². The summed E-state index contributed by atoms with van der Waals surface area (Å²) in [7, 11) is 2.15. The van der Waals surface area contributed by atoms with E-state index >= 15 is 0 Å². The summed E-state index contributed by atoms with van der Waals surface area (Å²) < 4.78 is 0. The molecule has 0 aliphatic heterocycles. The molecule has 1 fully saturated rings. The van der Waals surface area contributed by atoms with Gasteiger partial charge in [-0.2, -0.15) is 0 Å². The Hall–Kier alpha value is -1.22. The molecule has 0 radical (unpaired) electrons. The van der Waals surface area contributed by atoms with Gasteiger partial charge in [0, 0.05) is 30.9 Å². The molecule has 0 saturated heterocycles. The van der Waals surface area contributed by atoms with Crippen molar-refractivity contribution in [2.45, 2.75) is 37.8 Å². The lowest BCUT2D eigenvalue weighted by molar-refractivity contribution is -0.108. The third-order valence-corrected chi connectivity index (χ3v) is 3.24. The molecule has 16 heavy (non-hydrogen) atoms. The van der Waals surface area contributed by atoms with Crippen molar-refractivity contribution < 1.29 is 4.79 Å². The summed E-state index contributed by atoms with van der Waals surface area (Å²) in [6.45, 7) is 0. The zero-order chi connectivity index (χ0) is 11.4. The van der Waals surface area contributed by atoms with Crippen molar-refractivity contribution in [1.29, 1.82) is 0 Å². The topological polar surface area (TPSA) is 33.2 Å². The fourth-order valence-corrected chi connectivity index (χ4v) is 2.14. The number of carbonyl (C=O) groups is 1. The number of aldehydes is 1. The van der Waals surface area contributed by atoms with Crippen LogP contribution >= 0.6 is 0 Å². The summed E-state index contributed by atoms with van der Waals surface area (Å²) in [5, 5.41) is 0. The van der Waals surface area contributed by atoms with E-state index in [1.165, 1.54) is 18.4 Å². The van der Waals surface area contributed by atoms with Gasteiger partial charge < -0.3 is 4.79 Å². The summed E-state index contributed by atoms with van der Waals surface area (Å²) >= 11 is 0. The first kappa shape index (κ1) is 11.3. The summed E-state index contributed by atoms with van der Waals surface area (Å²) in [5.74, 6) is 0. The van der Waals surface area contributed by atoms with E-state index < -0.39 is 0 Å². The molecule has 3 heteroatoms. The lowest BCUT2D eigenvalue weighted by Crippen LogP contribution is -2.27. The van der Waals surface area contributed by atoms with E-state index in [4.69, 9.17) is 0 Å². The molecule has 86 valence electrons. The zero-order valence-corrected chi connectivity index (χ0v) is 9.67. The second-order valence-electron chi connectivity index (χ2n) is 4.44. The van der Waals surface area contributed by atoms with Crippen molar-refractivity contribution in [2.24, 2.45) is 0 Å². The highest BCUT2D eigenvalue weighted by Gasteiger charge is 2.31. The maximum atomic E-state index is 10.5. The van der Waals surface area contributed by atoms with Gasteiger partial charge in [-0.05, 0) is 37.9 Å². The van der Waals surface area contributed by atoms with Gasteiger partial charge in [-0.25, -0.2) is 0 Å². The first-order valence-corrected chi connectivity index (χ1v) is 5.88. The number of hydrogen-bond acceptors (Lipinski definition) is 3. The Kier molecular flexibility index (Phi) is 3.67. The van der Waals surface area contributed by atoms with Crippen LogP contribution in [0.2, 0.25) is 0 Å². The Morgan fingerprint density at radius 3 is 3.00 bits per heavy atom. The molecule has 2 rings (SSSR count). The molecule has 1 unspecified atom stereocenters. The number of rotatable bonds is 6. The Morgan fingerprint density at radius 1 is 1.62 bits per heavy atom. The number of hydrogen-bond donors (Lipinski definition) is 0. The summed E-state index contributed by atoms with van der Waals surface area (Å²) in [6.07, 6.45) is 8.79. The number of carbonyl (C=O) groups excluding carboxylic acids is 1. The van der Waals surface area contributed by atoms with Gasteiger partial charge in [0.1, 0.15) is 6.29 Å². The molecule has 1 aliphatic rings. The van der Waals surface area contributed by atoms with Gasteiger partial charge in [0.2, 0.25) is 0 Å². The van der Waals surface area contributed by atoms with E-state index in [9.17, 15) is 4.79 Å². The van der Waals surface area contributed by atoms with Crippen LogP contribution in [-0.4, -0.2) is 29.3 Å². The SMILES string of the molecule is CN(C1CC1)C(CCC=O)c1cccnc1. The number of pyridine rings is 1. The van der Waals surface area contributed by atoms with Crippen LogP contribution in [0.15, 0.2) is 24.5 Å².